The van der Waals surface area contributed by atoms with E-state index in [2.05, 4.69) is 10.9 Å². The third-order valence-electron chi connectivity index (χ3n) is 1.05. The first-order valence-electron chi connectivity index (χ1n) is 4.18. The zero-order valence-electron chi connectivity index (χ0n) is 8.50. The van der Waals surface area contributed by atoms with E-state index in [9.17, 15) is 4.89 Å². The molecule has 0 aromatic heterocycles. The monoisotopic (exact) mass is 193 g/mol. The van der Waals surface area contributed by atoms with Crippen LogP contribution in [-0.2, 0) is 0 Å². The normalized spacial score (nSPS) is 14.8. The van der Waals surface area contributed by atoms with Gasteiger partial charge in [-0.05, 0) is 34.4 Å². The van der Waals surface area contributed by atoms with Gasteiger partial charge in [0.05, 0.1) is 0 Å². The lowest BCUT2D eigenvalue weighted by Gasteiger charge is -2.29. The highest BCUT2D eigenvalue weighted by atomic mass is 31.2. The highest BCUT2D eigenvalue weighted by Gasteiger charge is 2.12. The molecule has 1 unspecified atom stereocenters. The van der Waals surface area contributed by atoms with Gasteiger partial charge in [0, 0.05) is 12.1 Å². The Bertz CT molecular complexity index is 109. The molecule has 0 bridgehead atoms. The summed E-state index contributed by atoms with van der Waals surface area (Å²) in [5.74, 6) is 0. The third kappa shape index (κ3) is 5.86. The molecular formula is C7H20N3OP. The fourth-order valence-corrected chi connectivity index (χ4v) is 1.49. The number of hydrazine groups is 2. The lowest BCUT2D eigenvalue weighted by Crippen LogP contribution is -2.49. The summed E-state index contributed by atoms with van der Waals surface area (Å²) in [6, 6.07) is 0.654. The molecule has 0 radical (unpaired) electrons. The Morgan fingerprint density at radius 3 is 1.58 bits per heavy atom. The second-order valence-electron chi connectivity index (χ2n) is 3.37. The van der Waals surface area contributed by atoms with Gasteiger partial charge in [-0.2, -0.15) is 0 Å². The first kappa shape index (κ1) is 12.3. The van der Waals surface area contributed by atoms with Crippen molar-refractivity contribution in [3.63, 3.8) is 0 Å². The number of rotatable bonds is 5. The van der Waals surface area contributed by atoms with Crippen LogP contribution < -0.4 is 10.9 Å². The van der Waals surface area contributed by atoms with E-state index in [1.807, 2.05) is 27.7 Å². The first-order valence-corrected chi connectivity index (χ1v) is 5.88. The van der Waals surface area contributed by atoms with E-state index in [-0.39, 0.29) is 0 Å². The molecule has 12 heavy (non-hydrogen) atoms. The number of nitrogens with zero attached hydrogens (tertiary/aromatic N) is 1. The van der Waals surface area contributed by atoms with Crippen molar-refractivity contribution < 1.29 is 4.89 Å². The van der Waals surface area contributed by atoms with Gasteiger partial charge >= 0.3 is 0 Å². The van der Waals surface area contributed by atoms with Crippen LogP contribution in [0.3, 0.4) is 0 Å². The Morgan fingerprint density at radius 2 is 1.42 bits per heavy atom. The lowest BCUT2D eigenvalue weighted by atomic mass is 10.4. The molecule has 1 atom stereocenters. The summed E-state index contributed by atoms with van der Waals surface area (Å²) in [7, 11) is -1.12. The lowest BCUT2D eigenvalue weighted by molar-refractivity contribution is 0.190. The third-order valence-corrected chi connectivity index (χ3v) is 1.86. The molecule has 0 amide bonds. The molecule has 0 heterocycles. The van der Waals surface area contributed by atoms with Crippen molar-refractivity contribution in [1.29, 1.82) is 0 Å². The van der Waals surface area contributed by atoms with Crippen LogP contribution in [0.15, 0.2) is 0 Å². The predicted octanol–water partition coefficient (Wildman–Crippen LogP) is 1.05. The maximum absolute atomic E-state index is 9.38. The molecule has 74 valence electrons. The number of hydrogen-bond donors (Lipinski definition) is 3. The molecule has 0 aromatic carbocycles. The van der Waals surface area contributed by atoms with Crippen LogP contribution in [-0.4, -0.2) is 28.5 Å². The van der Waals surface area contributed by atoms with Crippen molar-refractivity contribution in [2.45, 2.75) is 39.8 Å². The Kier molecular flexibility index (Phi) is 5.97. The van der Waals surface area contributed by atoms with Gasteiger partial charge in [-0.3, -0.25) is 0 Å². The van der Waals surface area contributed by atoms with Gasteiger partial charge in [0.25, 0.3) is 0 Å². The molecular weight excluding hydrogens is 173 g/mol. The quantitative estimate of drug-likeness (QED) is 0.451. The molecule has 0 aliphatic heterocycles. The summed E-state index contributed by atoms with van der Waals surface area (Å²) >= 11 is 0. The van der Waals surface area contributed by atoms with Crippen molar-refractivity contribution in [1.82, 2.24) is 15.7 Å². The van der Waals surface area contributed by atoms with Gasteiger partial charge < -0.3 is 4.89 Å². The molecule has 0 spiro atoms. The van der Waals surface area contributed by atoms with Crippen LogP contribution in [0.5, 0.6) is 0 Å². The predicted molar refractivity (Wildman–Crippen MR) is 53.4 cm³/mol. The highest BCUT2D eigenvalue weighted by molar-refractivity contribution is 7.47. The molecule has 0 saturated heterocycles. The Labute approximate surface area is 76.2 Å². The van der Waals surface area contributed by atoms with E-state index >= 15 is 0 Å². The molecule has 4 nitrogen and oxygen atoms in total. The fraction of sp³-hybridized carbons (Fsp3) is 1.00. The van der Waals surface area contributed by atoms with Crippen LogP contribution in [0.1, 0.15) is 27.7 Å². The van der Waals surface area contributed by atoms with E-state index in [1.54, 1.807) is 11.6 Å². The highest BCUT2D eigenvalue weighted by Crippen LogP contribution is 2.25. The zero-order chi connectivity index (χ0) is 9.72. The van der Waals surface area contributed by atoms with Crippen molar-refractivity contribution in [3.05, 3.63) is 0 Å². The Balaban J connectivity index is 3.87. The van der Waals surface area contributed by atoms with Gasteiger partial charge in [0.15, 0.2) is 0 Å². The maximum Gasteiger partial charge on any atom is 0.128 e. The molecule has 0 aliphatic carbocycles. The average Bonchev–Trinajstić information content (AvgIpc) is 1.83. The van der Waals surface area contributed by atoms with E-state index in [0.717, 1.165) is 0 Å². The van der Waals surface area contributed by atoms with Crippen molar-refractivity contribution in [2.75, 3.05) is 6.66 Å². The van der Waals surface area contributed by atoms with Gasteiger partial charge in [0.2, 0.25) is 0 Å². The van der Waals surface area contributed by atoms with E-state index < -0.39 is 8.30 Å². The van der Waals surface area contributed by atoms with Gasteiger partial charge in [-0.15, -0.1) is 4.89 Å². The molecule has 0 fully saturated rings. The molecule has 3 N–H and O–H groups in total. The Hall–Kier alpha value is 0.270. The number of nitrogens with one attached hydrogen (secondary N) is 2. The SMILES string of the molecule is CC(C)NN(NC(C)C)P(C)O. The average molecular weight is 193 g/mol. The molecule has 0 aliphatic rings. The van der Waals surface area contributed by atoms with Crippen molar-refractivity contribution in [2.24, 2.45) is 0 Å². The summed E-state index contributed by atoms with van der Waals surface area (Å²) < 4.78 is 0. The smallest absolute Gasteiger partial charge is 0.128 e. The van der Waals surface area contributed by atoms with Gasteiger partial charge in [-0.25, -0.2) is 10.9 Å². The number of hydrogen-bond acceptors (Lipinski definition) is 4. The van der Waals surface area contributed by atoms with Crippen LogP contribution in [0, 0.1) is 0 Å². The molecule has 5 heteroatoms. The van der Waals surface area contributed by atoms with E-state index in [4.69, 9.17) is 0 Å². The minimum atomic E-state index is -1.12. The minimum Gasteiger partial charge on any atom is -0.357 e. The van der Waals surface area contributed by atoms with Gasteiger partial charge in [0.1, 0.15) is 8.30 Å². The fourth-order valence-electron chi connectivity index (χ4n) is 0.694. The topological polar surface area (TPSA) is 47.5 Å². The molecule has 0 saturated carbocycles. The van der Waals surface area contributed by atoms with Crippen molar-refractivity contribution >= 4 is 8.30 Å². The van der Waals surface area contributed by atoms with Crippen molar-refractivity contribution in [3.8, 4) is 0 Å². The summed E-state index contributed by atoms with van der Waals surface area (Å²) in [5.41, 5.74) is 6.22. The second-order valence-corrected chi connectivity index (χ2v) is 4.75. The largest absolute Gasteiger partial charge is 0.357 e. The maximum atomic E-state index is 9.38. The van der Waals surface area contributed by atoms with E-state index in [1.165, 1.54) is 0 Å². The molecule has 0 rings (SSSR count). The van der Waals surface area contributed by atoms with Crippen LogP contribution in [0.2, 0.25) is 0 Å². The zero-order valence-corrected chi connectivity index (χ0v) is 9.39. The first-order chi connectivity index (χ1) is 5.43. The van der Waals surface area contributed by atoms with Crippen LogP contribution >= 0.6 is 8.30 Å². The minimum absolute atomic E-state index is 0.327. The summed E-state index contributed by atoms with van der Waals surface area (Å²) in [5, 5.41) is 0. The van der Waals surface area contributed by atoms with E-state index in [0.29, 0.717) is 12.1 Å². The summed E-state index contributed by atoms with van der Waals surface area (Å²) in [4.78, 5) is 11.1. The standard InChI is InChI=1S/C7H20N3OP/c1-6(2)8-10(12(5)11)9-7(3)4/h6-9,11H,1-5H3. The van der Waals surface area contributed by atoms with Crippen LogP contribution in [0.4, 0.5) is 0 Å². The summed E-state index contributed by atoms with van der Waals surface area (Å²) in [6.07, 6.45) is 0. The van der Waals surface area contributed by atoms with Crippen LogP contribution in [0.25, 0.3) is 0 Å². The van der Waals surface area contributed by atoms with Gasteiger partial charge in [-0.1, -0.05) is 0 Å². The second kappa shape index (κ2) is 5.84. The Morgan fingerprint density at radius 1 is 1.08 bits per heavy atom. The summed E-state index contributed by atoms with van der Waals surface area (Å²) in [6.45, 7) is 9.92. The molecule has 0 aromatic rings.